The van der Waals surface area contributed by atoms with Gasteiger partial charge in [-0.05, 0) is 51.2 Å². The third-order valence-electron chi connectivity index (χ3n) is 5.53. The molecule has 2 fully saturated rings. The van der Waals surface area contributed by atoms with Gasteiger partial charge in [-0.3, -0.25) is 4.99 Å². The first-order chi connectivity index (χ1) is 14.3. The van der Waals surface area contributed by atoms with E-state index in [1.165, 1.54) is 12.0 Å². The highest BCUT2D eigenvalue weighted by molar-refractivity contribution is 14.0. The summed E-state index contributed by atoms with van der Waals surface area (Å²) in [7, 11) is 0. The maximum absolute atomic E-state index is 6.09. The Morgan fingerprint density at radius 2 is 2.03 bits per heavy atom. The van der Waals surface area contributed by atoms with E-state index in [1.807, 2.05) is 18.2 Å². The Hall–Kier alpha value is -1.06. The smallest absolute Gasteiger partial charge is 0.193 e. The predicted molar refractivity (Wildman–Crippen MR) is 132 cm³/mol. The van der Waals surface area contributed by atoms with E-state index in [-0.39, 0.29) is 24.0 Å². The van der Waals surface area contributed by atoms with Crippen LogP contribution in [0.3, 0.4) is 0 Å². The van der Waals surface area contributed by atoms with Crippen LogP contribution in [0.4, 0.5) is 0 Å². The van der Waals surface area contributed by atoms with E-state index in [2.05, 4.69) is 30.1 Å². The van der Waals surface area contributed by atoms with Gasteiger partial charge >= 0.3 is 0 Å². The van der Waals surface area contributed by atoms with Crippen LogP contribution in [-0.2, 0) is 9.47 Å². The Morgan fingerprint density at radius 3 is 2.73 bits per heavy atom. The maximum Gasteiger partial charge on any atom is 0.193 e. The van der Waals surface area contributed by atoms with E-state index in [4.69, 9.17) is 19.2 Å². The summed E-state index contributed by atoms with van der Waals surface area (Å²) in [5.74, 6) is 1.98. The van der Waals surface area contributed by atoms with Crippen molar-refractivity contribution in [3.05, 3.63) is 29.8 Å². The average Bonchev–Trinajstić information content (AvgIpc) is 3.27. The van der Waals surface area contributed by atoms with Gasteiger partial charge in [-0.2, -0.15) is 0 Å². The molecule has 1 atom stereocenters. The van der Waals surface area contributed by atoms with Gasteiger partial charge in [0.25, 0.3) is 0 Å². The zero-order valence-corrected chi connectivity index (χ0v) is 20.8. The number of rotatable bonds is 9. The Kier molecular flexibility index (Phi) is 11.8. The lowest BCUT2D eigenvalue weighted by atomic mass is 10.1. The van der Waals surface area contributed by atoms with Gasteiger partial charge in [-0.1, -0.05) is 18.2 Å². The normalized spacial score (nSPS) is 20.1. The van der Waals surface area contributed by atoms with Crippen LogP contribution < -0.4 is 10.1 Å². The minimum Gasteiger partial charge on any atom is -0.493 e. The monoisotopic (exact) mass is 531 g/mol. The summed E-state index contributed by atoms with van der Waals surface area (Å²) in [4.78, 5) is 7.17. The number of para-hydroxylation sites is 1. The van der Waals surface area contributed by atoms with Crippen LogP contribution >= 0.6 is 24.0 Å². The minimum atomic E-state index is 0. The standard InChI is InChI=1S/C23H37N3O3.HI/c1-3-24-23(25-13-7-17-28-22-10-5-4-8-19(22)2)26-14-11-20(12-15-26)29-18-21-9-6-16-27-21;/h4-5,8,10,20-21H,3,6-7,9,11-18H2,1-2H3,(H,24,25);1H. The molecule has 0 spiro atoms. The molecule has 2 aliphatic rings. The Bertz CT molecular complexity index is 630. The molecule has 1 aromatic rings. The fourth-order valence-electron chi connectivity index (χ4n) is 3.83. The molecule has 0 aromatic heterocycles. The highest BCUT2D eigenvalue weighted by Crippen LogP contribution is 2.18. The number of benzene rings is 1. The van der Waals surface area contributed by atoms with Gasteiger partial charge < -0.3 is 24.4 Å². The second-order valence-corrected chi connectivity index (χ2v) is 7.86. The number of ether oxygens (including phenoxy) is 3. The average molecular weight is 531 g/mol. The second-order valence-electron chi connectivity index (χ2n) is 7.86. The Balaban J connectivity index is 0.00000320. The van der Waals surface area contributed by atoms with E-state index in [1.54, 1.807) is 0 Å². The van der Waals surface area contributed by atoms with Gasteiger partial charge in [0.1, 0.15) is 5.75 Å². The molecule has 1 aromatic carbocycles. The second kappa shape index (κ2) is 14.1. The van der Waals surface area contributed by atoms with Crippen LogP contribution in [-0.4, -0.2) is 69.1 Å². The Morgan fingerprint density at radius 1 is 1.23 bits per heavy atom. The summed E-state index contributed by atoms with van der Waals surface area (Å²) < 4.78 is 17.6. The van der Waals surface area contributed by atoms with Crippen molar-refractivity contribution in [2.24, 2.45) is 4.99 Å². The summed E-state index contributed by atoms with van der Waals surface area (Å²) in [5.41, 5.74) is 1.17. The number of aliphatic imine (C=N–C) groups is 1. The molecule has 6 nitrogen and oxygen atoms in total. The molecule has 0 amide bonds. The van der Waals surface area contributed by atoms with Crippen molar-refractivity contribution in [3.63, 3.8) is 0 Å². The number of hydrogen-bond donors (Lipinski definition) is 1. The van der Waals surface area contributed by atoms with Crippen LogP contribution in [0.15, 0.2) is 29.3 Å². The third kappa shape index (κ3) is 8.23. The van der Waals surface area contributed by atoms with Crippen LogP contribution in [0, 0.1) is 6.92 Å². The first kappa shape index (κ1) is 25.2. The summed E-state index contributed by atoms with van der Waals surface area (Å²) in [6.45, 7) is 10.2. The summed E-state index contributed by atoms with van der Waals surface area (Å²) in [5, 5.41) is 3.44. The summed E-state index contributed by atoms with van der Waals surface area (Å²) in [6, 6.07) is 8.14. The molecule has 0 radical (unpaired) electrons. The number of hydrogen-bond acceptors (Lipinski definition) is 4. The lowest BCUT2D eigenvalue weighted by molar-refractivity contribution is -0.0367. The summed E-state index contributed by atoms with van der Waals surface area (Å²) in [6.07, 6.45) is 5.98. The van der Waals surface area contributed by atoms with Crippen molar-refractivity contribution in [3.8, 4) is 5.75 Å². The number of nitrogens with zero attached hydrogens (tertiary/aromatic N) is 2. The van der Waals surface area contributed by atoms with Crippen molar-refractivity contribution in [2.75, 3.05) is 46.0 Å². The van der Waals surface area contributed by atoms with Gasteiger partial charge in [-0.25, -0.2) is 0 Å². The molecule has 2 saturated heterocycles. The van der Waals surface area contributed by atoms with Crippen LogP contribution in [0.2, 0.25) is 0 Å². The molecule has 0 saturated carbocycles. The molecule has 1 N–H and O–H groups in total. The fourth-order valence-corrected chi connectivity index (χ4v) is 3.83. The van der Waals surface area contributed by atoms with E-state index in [0.29, 0.717) is 18.8 Å². The van der Waals surface area contributed by atoms with Crippen molar-refractivity contribution >= 4 is 29.9 Å². The van der Waals surface area contributed by atoms with Gasteiger partial charge in [0.05, 0.1) is 25.4 Å². The van der Waals surface area contributed by atoms with Gasteiger partial charge in [0.2, 0.25) is 0 Å². The van der Waals surface area contributed by atoms with Gasteiger partial charge in [-0.15, -0.1) is 24.0 Å². The topological polar surface area (TPSA) is 55.3 Å². The molecule has 0 bridgehead atoms. The number of piperidine rings is 1. The third-order valence-corrected chi connectivity index (χ3v) is 5.53. The first-order valence-electron chi connectivity index (χ1n) is 11.2. The molecule has 7 heteroatoms. The predicted octanol–water partition coefficient (Wildman–Crippen LogP) is 4.01. The molecule has 2 heterocycles. The highest BCUT2D eigenvalue weighted by Gasteiger charge is 2.24. The minimum absolute atomic E-state index is 0. The van der Waals surface area contributed by atoms with Crippen molar-refractivity contribution in [1.29, 1.82) is 0 Å². The van der Waals surface area contributed by atoms with Crippen molar-refractivity contribution < 1.29 is 14.2 Å². The van der Waals surface area contributed by atoms with Crippen LogP contribution in [0.5, 0.6) is 5.75 Å². The van der Waals surface area contributed by atoms with E-state index >= 15 is 0 Å². The SMILES string of the molecule is CCNC(=NCCCOc1ccccc1C)N1CCC(OCC2CCCO2)CC1.I. The first-order valence-corrected chi connectivity index (χ1v) is 11.2. The lowest BCUT2D eigenvalue weighted by Crippen LogP contribution is -2.47. The molecular weight excluding hydrogens is 493 g/mol. The number of likely N-dealkylation sites (tertiary alicyclic amines) is 1. The highest BCUT2D eigenvalue weighted by atomic mass is 127. The lowest BCUT2D eigenvalue weighted by Gasteiger charge is -2.34. The van der Waals surface area contributed by atoms with Gasteiger partial charge in [0.15, 0.2) is 5.96 Å². The number of aryl methyl sites for hydroxylation is 1. The van der Waals surface area contributed by atoms with E-state index in [9.17, 15) is 0 Å². The van der Waals surface area contributed by atoms with E-state index < -0.39 is 0 Å². The molecular formula is C23H38IN3O3. The van der Waals surface area contributed by atoms with Crippen molar-refractivity contribution in [1.82, 2.24) is 10.2 Å². The quantitative estimate of drug-likeness (QED) is 0.226. The van der Waals surface area contributed by atoms with E-state index in [0.717, 1.165) is 76.8 Å². The largest absolute Gasteiger partial charge is 0.493 e. The number of guanidine groups is 1. The summed E-state index contributed by atoms with van der Waals surface area (Å²) >= 11 is 0. The van der Waals surface area contributed by atoms with Gasteiger partial charge in [0, 0.05) is 39.2 Å². The number of halogens is 1. The molecule has 1 unspecified atom stereocenters. The zero-order valence-electron chi connectivity index (χ0n) is 18.5. The van der Waals surface area contributed by atoms with Crippen LogP contribution in [0.1, 0.15) is 44.6 Å². The molecule has 170 valence electrons. The van der Waals surface area contributed by atoms with Crippen molar-refractivity contribution in [2.45, 2.75) is 58.2 Å². The molecule has 3 rings (SSSR count). The van der Waals surface area contributed by atoms with Crippen LogP contribution in [0.25, 0.3) is 0 Å². The maximum atomic E-state index is 6.09. The fraction of sp³-hybridized carbons (Fsp3) is 0.696. The zero-order chi connectivity index (χ0) is 20.3. The molecule has 0 aliphatic carbocycles. The molecule has 30 heavy (non-hydrogen) atoms. The number of nitrogens with one attached hydrogen (secondary N) is 1. The Labute approximate surface area is 198 Å². The molecule has 2 aliphatic heterocycles.